The number of rotatable bonds is 7. The molecule has 1 amide bonds. The molecule has 1 aliphatic heterocycles. The van der Waals surface area contributed by atoms with Crippen molar-refractivity contribution >= 4 is 23.6 Å². The van der Waals surface area contributed by atoms with E-state index in [1.807, 2.05) is 12.1 Å². The number of carboxylic acid groups (broad SMARTS) is 1. The number of nitrogens with zero attached hydrogens (tertiary/aromatic N) is 1. The van der Waals surface area contributed by atoms with Gasteiger partial charge >= 0.3 is 5.97 Å². The summed E-state index contributed by atoms with van der Waals surface area (Å²) >= 11 is 1.49. The molecule has 0 bridgehead atoms. The van der Waals surface area contributed by atoms with Crippen LogP contribution in [0.25, 0.3) is 0 Å². The molecule has 1 fully saturated rings. The van der Waals surface area contributed by atoms with Crippen molar-refractivity contribution in [2.75, 3.05) is 32.6 Å². The van der Waals surface area contributed by atoms with E-state index in [1.54, 1.807) is 4.90 Å². The van der Waals surface area contributed by atoms with Crippen molar-refractivity contribution in [1.82, 2.24) is 4.90 Å². The number of likely N-dealkylation sites (tertiary alicyclic amines) is 1. The highest BCUT2D eigenvalue weighted by molar-refractivity contribution is 8.00. The number of methoxy groups -OCH3 is 1. The lowest BCUT2D eigenvalue weighted by atomic mass is 9.80. The molecule has 0 aromatic heterocycles. The summed E-state index contributed by atoms with van der Waals surface area (Å²) in [5.41, 5.74) is 0.296. The predicted molar refractivity (Wildman–Crippen MR) is 99.0 cm³/mol. The van der Waals surface area contributed by atoms with Crippen LogP contribution in [-0.4, -0.2) is 54.4 Å². The lowest BCUT2D eigenvalue weighted by molar-refractivity contribution is -0.158. The van der Waals surface area contributed by atoms with Crippen molar-refractivity contribution < 1.29 is 19.4 Å². The number of hydrogen-bond donors (Lipinski definition) is 1. The third-order valence-corrected chi connectivity index (χ3v) is 5.71. The molecule has 1 heterocycles. The van der Waals surface area contributed by atoms with Crippen molar-refractivity contribution in [1.29, 1.82) is 0 Å². The second kappa shape index (κ2) is 8.72. The summed E-state index contributed by atoms with van der Waals surface area (Å²) in [4.78, 5) is 26.9. The molecule has 1 N–H and O–H groups in total. The Bertz CT molecular complexity index is 598. The maximum Gasteiger partial charge on any atom is 0.313 e. The van der Waals surface area contributed by atoms with Gasteiger partial charge in [0.15, 0.2) is 0 Å². The van der Waals surface area contributed by atoms with E-state index in [0.29, 0.717) is 31.1 Å². The third kappa shape index (κ3) is 4.98. The zero-order chi connectivity index (χ0) is 18.4. The lowest BCUT2D eigenvalue weighted by Gasteiger charge is -2.39. The molecule has 5 nitrogen and oxygen atoms in total. The van der Waals surface area contributed by atoms with Gasteiger partial charge in [-0.15, -0.1) is 11.8 Å². The number of piperidine rings is 1. The molecule has 138 valence electrons. The van der Waals surface area contributed by atoms with Gasteiger partial charge in [-0.25, -0.2) is 0 Å². The van der Waals surface area contributed by atoms with Gasteiger partial charge in [0.25, 0.3) is 0 Å². The second-order valence-corrected chi connectivity index (χ2v) is 8.00. The summed E-state index contributed by atoms with van der Waals surface area (Å²) in [5, 5.41) is 9.57. The molecule has 25 heavy (non-hydrogen) atoms. The highest BCUT2D eigenvalue weighted by Crippen LogP contribution is 2.31. The highest BCUT2D eigenvalue weighted by atomic mass is 32.2. The number of ether oxygens (including phenoxy) is 1. The molecule has 1 aromatic carbocycles. The van der Waals surface area contributed by atoms with Crippen molar-refractivity contribution in [3.05, 3.63) is 29.8 Å². The molecule has 0 saturated carbocycles. The van der Waals surface area contributed by atoms with Gasteiger partial charge in [-0.3, -0.25) is 9.59 Å². The minimum atomic E-state index is -0.980. The Morgan fingerprint density at radius 2 is 2.00 bits per heavy atom. The summed E-state index contributed by atoms with van der Waals surface area (Å²) < 4.78 is 5.11. The Hall–Kier alpha value is -1.53. The van der Waals surface area contributed by atoms with E-state index in [2.05, 4.69) is 26.0 Å². The number of carbonyl (C=O) groups excluding carboxylic acids is 1. The van der Waals surface area contributed by atoms with E-state index in [9.17, 15) is 14.7 Å². The normalized spacial score (nSPS) is 20.7. The average Bonchev–Trinajstić information content (AvgIpc) is 2.60. The molecular weight excluding hydrogens is 338 g/mol. The maximum atomic E-state index is 12.5. The first-order valence-electron chi connectivity index (χ1n) is 8.61. The maximum absolute atomic E-state index is 12.5. The van der Waals surface area contributed by atoms with E-state index >= 15 is 0 Å². The topological polar surface area (TPSA) is 66.8 Å². The third-order valence-electron chi connectivity index (χ3n) is 4.71. The first kappa shape index (κ1) is 19.8. The predicted octanol–water partition coefficient (Wildman–Crippen LogP) is 3.24. The quantitative estimate of drug-likeness (QED) is 0.752. The SMILES string of the molecule is COCC1(C(=O)O)CCCN(C(=O)CSc2ccc(C(C)C)cc2)C1. The molecule has 0 radical (unpaired) electrons. The van der Waals surface area contributed by atoms with Crippen molar-refractivity contribution in [2.45, 2.75) is 37.5 Å². The smallest absolute Gasteiger partial charge is 0.313 e. The summed E-state index contributed by atoms with van der Waals surface area (Å²) in [6.07, 6.45) is 1.24. The molecule has 6 heteroatoms. The van der Waals surface area contributed by atoms with Gasteiger partial charge in [0.2, 0.25) is 5.91 Å². The van der Waals surface area contributed by atoms with Crippen LogP contribution in [0.5, 0.6) is 0 Å². The summed E-state index contributed by atoms with van der Waals surface area (Å²) in [6, 6.07) is 8.25. The van der Waals surface area contributed by atoms with E-state index in [1.165, 1.54) is 24.4 Å². The van der Waals surface area contributed by atoms with E-state index in [0.717, 1.165) is 4.90 Å². The Morgan fingerprint density at radius 3 is 2.56 bits per heavy atom. The van der Waals surface area contributed by atoms with Gasteiger partial charge in [0.1, 0.15) is 5.41 Å². The van der Waals surface area contributed by atoms with Gasteiger partial charge < -0.3 is 14.7 Å². The van der Waals surface area contributed by atoms with E-state index < -0.39 is 11.4 Å². The summed E-state index contributed by atoms with van der Waals surface area (Å²) in [6.45, 7) is 5.27. The number of carbonyl (C=O) groups is 2. The van der Waals surface area contributed by atoms with Crippen molar-refractivity contribution in [3.63, 3.8) is 0 Å². The van der Waals surface area contributed by atoms with Crippen LogP contribution in [-0.2, 0) is 14.3 Å². The Labute approximate surface area is 153 Å². The Kier molecular flexibility index (Phi) is 6.90. The lowest BCUT2D eigenvalue weighted by Crippen LogP contribution is -2.52. The van der Waals surface area contributed by atoms with Gasteiger partial charge in [-0.2, -0.15) is 0 Å². The van der Waals surface area contributed by atoms with Crippen LogP contribution in [0.4, 0.5) is 0 Å². The largest absolute Gasteiger partial charge is 0.481 e. The number of hydrogen-bond acceptors (Lipinski definition) is 4. The molecule has 0 aliphatic carbocycles. The average molecular weight is 365 g/mol. The zero-order valence-electron chi connectivity index (χ0n) is 15.2. The standard InChI is InChI=1S/C19H27NO4S/c1-14(2)15-5-7-16(8-6-15)25-11-17(21)20-10-4-9-19(12-20,13-24-3)18(22)23/h5-8,14H,4,9-13H2,1-3H3,(H,22,23). The minimum Gasteiger partial charge on any atom is -0.481 e. The number of thioether (sulfide) groups is 1. The molecule has 1 saturated heterocycles. The van der Waals surface area contributed by atoms with Gasteiger partial charge in [-0.1, -0.05) is 26.0 Å². The van der Waals surface area contributed by atoms with Gasteiger partial charge in [0, 0.05) is 25.1 Å². The van der Waals surface area contributed by atoms with Crippen LogP contribution in [0, 0.1) is 5.41 Å². The highest BCUT2D eigenvalue weighted by Gasteiger charge is 2.43. The molecule has 2 rings (SSSR count). The first-order valence-corrected chi connectivity index (χ1v) is 9.59. The Balaban J connectivity index is 1.94. The molecule has 1 atom stereocenters. The fourth-order valence-electron chi connectivity index (χ4n) is 3.16. The van der Waals surface area contributed by atoms with Crippen LogP contribution in [0.1, 0.15) is 38.2 Å². The summed E-state index contributed by atoms with van der Waals surface area (Å²) in [5.74, 6) is -0.0916. The second-order valence-electron chi connectivity index (χ2n) is 6.95. The fourth-order valence-corrected chi connectivity index (χ4v) is 3.96. The molecular formula is C19H27NO4S. The minimum absolute atomic E-state index is 0.0145. The van der Waals surface area contributed by atoms with Gasteiger partial charge in [-0.05, 0) is 36.5 Å². The van der Waals surface area contributed by atoms with Crippen LogP contribution in [0.15, 0.2) is 29.2 Å². The monoisotopic (exact) mass is 365 g/mol. The van der Waals surface area contributed by atoms with Crippen molar-refractivity contribution in [2.24, 2.45) is 5.41 Å². The van der Waals surface area contributed by atoms with E-state index in [-0.39, 0.29) is 19.1 Å². The molecule has 1 unspecified atom stereocenters. The van der Waals surface area contributed by atoms with Crippen LogP contribution < -0.4 is 0 Å². The number of aliphatic carboxylic acids is 1. The van der Waals surface area contributed by atoms with Crippen LogP contribution in [0.3, 0.4) is 0 Å². The van der Waals surface area contributed by atoms with E-state index in [4.69, 9.17) is 4.74 Å². The molecule has 0 spiro atoms. The zero-order valence-corrected chi connectivity index (χ0v) is 16.0. The number of amides is 1. The molecule has 1 aliphatic rings. The van der Waals surface area contributed by atoms with Crippen LogP contribution >= 0.6 is 11.8 Å². The fraction of sp³-hybridized carbons (Fsp3) is 0.579. The summed E-state index contributed by atoms with van der Waals surface area (Å²) in [7, 11) is 1.50. The first-order chi connectivity index (χ1) is 11.9. The molecule has 1 aromatic rings. The Morgan fingerprint density at radius 1 is 1.32 bits per heavy atom. The number of benzene rings is 1. The van der Waals surface area contributed by atoms with Crippen LogP contribution in [0.2, 0.25) is 0 Å². The van der Waals surface area contributed by atoms with Gasteiger partial charge in [0.05, 0.1) is 12.4 Å². The number of carboxylic acids is 1. The van der Waals surface area contributed by atoms with Crippen molar-refractivity contribution in [3.8, 4) is 0 Å².